The van der Waals surface area contributed by atoms with Crippen LogP contribution in [0, 0.1) is 0 Å². The first-order chi connectivity index (χ1) is 40.6. The number of aryl methyl sites for hydroxylation is 4. The molecule has 4 nitrogen and oxygen atoms in total. The molecule has 398 valence electrons. The van der Waals surface area contributed by atoms with Crippen LogP contribution in [0.5, 0.6) is 0 Å². The van der Waals surface area contributed by atoms with E-state index >= 15 is 0 Å². The Hall–Kier alpha value is -9.12. The van der Waals surface area contributed by atoms with Gasteiger partial charge in [0, 0.05) is 66.4 Å². The van der Waals surface area contributed by atoms with Gasteiger partial charge in [0.25, 0.3) is 0 Å². The first-order valence-corrected chi connectivity index (χ1v) is 30.4. The molecule has 16 rings (SSSR count). The van der Waals surface area contributed by atoms with Crippen LogP contribution in [-0.4, -0.2) is 9.13 Å². The average Bonchev–Trinajstić information content (AvgIpc) is 4.28. The summed E-state index contributed by atoms with van der Waals surface area (Å²) in [4.78, 5) is 5.36. The number of nitrogens with zero attached hydrogens (tertiary/aromatic N) is 4. The average molecular weight is 1060 g/mol. The molecule has 2 aromatic heterocycles. The van der Waals surface area contributed by atoms with Gasteiger partial charge in [0.05, 0.1) is 33.4 Å². The quantitative estimate of drug-likeness (QED) is 0.113. The van der Waals surface area contributed by atoms with Crippen LogP contribution in [0.2, 0.25) is 0 Å². The molecular formula is C78H66N4. The van der Waals surface area contributed by atoms with Crippen LogP contribution in [0.3, 0.4) is 0 Å². The van der Waals surface area contributed by atoms with Gasteiger partial charge in [0.2, 0.25) is 0 Å². The largest absolute Gasteiger partial charge is 0.310 e. The van der Waals surface area contributed by atoms with Crippen LogP contribution < -0.4 is 9.80 Å². The van der Waals surface area contributed by atoms with E-state index in [-0.39, 0.29) is 0 Å². The minimum absolute atomic E-state index is 0.985. The molecule has 0 radical (unpaired) electrons. The molecule has 0 saturated carbocycles. The smallest absolute Gasteiger partial charge is 0.0543 e. The van der Waals surface area contributed by atoms with Gasteiger partial charge in [-0.1, -0.05) is 148 Å². The molecule has 0 N–H and O–H groups in total. The third-order valence-corrected chi connectivity index (χ3v) is 18.6. The minimum atomic E-state index is 0.985. The molecule has 2 aliphatic rings. The Kier molecular flexibility index (Phi) is 11.8. The maximum Gasteiger partial charge on any atom is 0.0543 e. The molecule has 82 heavy (non-hydrogen) atoms. The fourth-order valence-corrected chi connectivity index (χ4v) is 15.1. The summed E-state index contributed by atoms with van der Waals surface area (Å²) in [7, 11) is 0. The van der Waals surface area contributed by atoms with Crippen molar-refractivity contribution in [1.82, 2.24) is 9.13 Å². The van der Waals surface area contributed by atoms with Crippen molar-refractivity contribution in [3.63, 3.8) is 0 Å². The first kappa shape index (κ1) is 48.8. The number of fused-ring (bicyclic) bond motifs is 8. The third kappa shape index (κ3) is 7.64. The number of hydrogen-bond donors (Lipinski definition) is 0. The van der Waals surface area contributed by atoms with E-state index in [4.69, 9.17) is 0 Å². The summed E-state index contributed by atoms with van der Waals surface area (Å²) in [6, 6.07) is 83.7. The van der Waals surface area contributed by atoms with Crippen molar-refractivity contribution in [2.45, 2.75) is 90.9 Å². The van der Waals surface area contributed by atoms with Gasteiger partial charge in [-0.05, 0) is 216 Å². The van der Waals surface area contributed by atoms with Gasteiger partial charge in [-0.2, -0.15) is 0 Å². The van der Waals surface area contributed by atoms with Gasteiger partial charge in [-0.25, -0.2) is 0 Å². The minimum Gasteiger partial charge on any atom is -0.310 e. The van der Waals surface area contributed by atoms with E-state index in [0.717, 1.165) is 51.4 Å². The predicted octanol–water partition coefficient (Wildman–Crippen LogP) is 21.4. The lowest BCUT2D eigenvalue weighted by molar-refractivity contribution is 0.686. The lowest BCUT2D eigenvalue weighted by Crippen LogP contribution is -2.17. The Morgan fingerprint density at radius 2 is 0.720 bits per heavy atom. The van der Waals surface area contributed by atoms with E-state index in [1.807, 2.05) is 0 Å². The van der Waals surface area contributed by atoms with E-state index in [9.17, 15) is 0 Å². The standard InChI is InChI=1S/C78H66N4/c1-3-21-53-47-75(81(69-37-19-25-51-23-11-13-31-59(51)69)57-39-45-73-67(49-57)63-33-15-17-35-71(63)79(73)55-27-7-5-8-28-55)65-44-42-62-54(22-4-2)48-76(66-43-41-61(53)77(65)78(62)66)82(70-38-20-26-52-24-12-14-32-60(52)70)58-40-46-74-68(50-58)64-34-16-18-36-72(64)80(74)56-29-9-6-10-30-56/h5-10,15-20,25-30,33-50H,3-4,11-14,21-24,31-32H2,1-2H3. The maximum absolute atomic E-state index is 2.68. The van der Waals surface area contributed by atoms with Gasteiger partial charge in [-0.3, -0.25) is 0 Å². The normalized spacial score (nSPS) is 13.5. The maximum atomic E-state index is 2.68. The second kappa shape index (κ2) is 19.8. The SMILES string of the molecule is CCCc1cc(N(c2ccc3c(c2)c2ccccc2n3-c2ccccc2)c2cccc3c2CCCC3)c2ccc3c(CCC)cc(N(c4ccc5c(c4)c4ccccc4n5-c4ccccc4)c4cccc5c4CCCC5)c4ccc1c2c34. The van der Waals surface area contributed by atoms with Gasteiger partial charge < -0.3 is 18.9 Å². The molecule has 0 atom stereocenters. The summed E-state index contributed by atoms with van der Waals surface area (Å²) in [5, 5.41) is 13.1. The van der Waals surface area contributed by atoms with Crippen LogP contribution in [0.25, 0.3) is 87.3 Å². The summed E-state index contributed by atoms with van der Waals surface area (Å²) >= 11 is 0. The summed E-state index contributed by atoms with van der Waals surface area (Å²) < 4.78 is 4.89. The highest BCUT2D eigenvalue weighted by atomic mass is 15.2. The fraction of sp³-hybridized carbons (Fsp3) is 0.179. The molecule has 4 heteroatoms. The summed E-state index contributed by atoms with van der Waals surface area (Å²) in [6.07, 6.45) is 13.3. The van der Waals surface area contributed by atoms with Crippen LogP contribution in [0.1, 0.15) is 85.8 Å². The zero-order valence-corrected chi connectivity index (χ0v) is 47.1. The molecule has 14 aromatic rings. The Labute approximate surface area is 480 Å². The van der Waals surface area contributed by atoms with Gasteiger partial charge in [-0.15, -0.1) is 0 Å². The Morgan fingerprint density at radius 3 is 1.17 bits per heavy atom. The molecule has 2 aliphatic carbocycles. The van der Waals surface area contributed by atoms with Crippen molar-refractivity contribution >= 4 is 110 Å². The van der Waals surface area contributed by atoms with E-state index in [1.165, 1.54) is 180 Å². The zero-order chi connectivity index (χ0) is 54.4. The first-order valence-electron chi connectivity index (χ1n) is 30.4. The van der Waals surface area contributed by atoms with Crippen molar-refractivity contribution in [2.24, 2.45) is 0 Å². The molecule has 0 fully saturated rings. The highest BCUT2D eigenvalue weighted by Crippen LogP contribution is 2.53. The molecule has 0 bridgehead atoms. The predicted molar refractivity (Wildman–Crippen MR) is 349 cm³/mol. The summed E-state index contributed by atoms with van der Waals surface area (Å²) in [6.45, 7) is 4.70. The second-order valence-corrected chi connectivity index (χ2v) is 23.4. The van der Waals surface area contributed by atoms with Crippen LogP contribution >= 0.6 is 0 Å². The van der Waals surface area contributed by atoms with Crippen LogP contribution in [0.15, 0.2) is 218 Å². The van der Waals surface area contributed by atoms with Crippen molar-refractivity contribution in [2.75, 3.05) is 9.80 Å². The Bertz CT molecular complexity index is 4480. The number of hydrogen-bond acceptors (Lipinski definition) is 2. The molecule has 12 aromatic carbocycles. The fourth-order valence-electron chi connectivity index (χ4n) is 15.1. The Balaban J connectivity index is 0.986. The van der Waals surface area contributed by atoms with Crippen LogP contribution in [0.4, 0.5) is 34.1 Å². The molecule has 0 spiro atoms. The van der Waals surface area contributed by atoms with Crippen molar-refractivity contribution < 1.29 is 0 Å². The summed E-state index contributed by atoms with van der Waals surface area (Å²) in [5.74, 6) is 0. The van der Waals surface area contributed by atoms with Crippen molar-refractivity contribution in [3.8, 4) is 11.4 Å². The lowest BCUT2D eigenvalue weighted by Gasteiger charge is -2.33. The topological polar surface area (TPSA) is 16.3 Å². The molecule has 0 unspecified atom stereocenters. The number of anilines is 6. The van der Waals surface area contributed by atoms with E-state index in [0.29, 0.717) is 0 Å². The third-order valence-electron chi connectivity index (χ3n) is 18.6. The van der Waals surface area contributed by atoms with Gasteiger partial charge >= 0.3 is 0 Å². The van der Waals surface area contributed by atoms with E-state index in [2.05, 4.69) is 251 Å². The number of rotatable bonds is 12. The van der Waals surface area contributed by atoms with Crippen molar-refractivity contribution in [1.29, 1.82) is 0 Å². The number of benzene rings is 12. The molecule has 2 heterocycles. The van der Waals surface area contributed by atoms with E-state index < -0.39 is 0 Å². The van der Waals surface area contributed by atoms with Gasteiger partial charge in [0.1, 0.15) is 0 Å². The summed E-state index contributed by atoms with van der Waals surface area (Å²) in [5.41, 5.74) is 23.5. The van der Waals surface area contributed by atoms with E-state index in [1.54, 1.807) is 0 Å². The number of para-hydroxylation sites is 4. The Morgan fingerprint density at radius 1 is 0.317 bits per heavy atom. The molecule has 0 amide bonds. The zero-order valence-electron chi connectivity index (χ0n) is 47.1. The molecular weight excluding hydrogens is 993 g/mol. The van der Waals surface area contributed by atoms with Crippen molar-refractivity contribution in [3.05, 3.63) is 252 Å². The monoisotopic (exact) mass is 1060 g/mol. The second-order valence-electron chi connectivity index (χ2n) is 23.4. The highest BCUT2D eigenvalue weighted by molar-refractivity contribution is 6.29. The lowest BCUT2D eigenvalue weighted by atomic mass is 9.85. The number of aromatic nitrogens is 2. The van der Waals surface area contributed by atoms with Crippen LogP contribution in [-0.2, 0) is 38.5 Å². The molecule has 0 saturated heterocycles. The highest BCUT2D eigenvalue weighted by Gasteiger charge is 2.29. The van der Waals surface area contributed by atoms with Gasteiger partial charge in [0.15, 0.2) is 0 Å². The molecule has 0 aliphatic heterocycles.